The van der Waals surface area contributed by atoms with Crippen molar-refractivity contribution in [3.05, 3.63) is 34.7 Å². The van der Waals surface area contributed by atoms with Gasteiger partial charge in [0.15, 0.2) is 0 Å². The number of unbranched alkanes of at least 4 members (excludes halogenated alkanes) is 1. The van der Waals surface area contributed by atoms with Crippen LogP contribution in [0.5, 0.6) is 0 Å². The average molecular weight is 237 g/mol. The van der Waals surface area contributed by atoms with E-state index in [-0.39, 0.29) is 5.56 Å². The Balaban J connectivity index is 2.45. The maximum absolute atomic E-state index is 11.5. The van der Waals surface area contributed by atoms with Gasteiger partial charge in [0.1, 0.15) is 0 Å². The summed E-state index contributed by atoms with van der Waals surface area (Å²) in [5.41, 5.74) is 5.66. The smallest absolute Gasteiger partial charge is 0.250 e. The summed E-state index contributed by atoms with van der Waals surface area (Å²) in [5, 5.41) is 0. The first-order valence-corrected chi connectivity index (χ1v) is 6.35. The Morgan fingerprint density at radius 1 is 1.29 bits per heavy atom. The molecule has 0 fully saturated rings. The normalized spacial score (nSPS) is 11.0. The molecule has 1 rings (SSSR count). The third-order valence-corrected chi connectivity index (χ3v) is 2.83. The summed E-state index contributed by atoms with van der Waals surface area (Å²) in [7, 11) is 0. The highest BCUT2D eigenvalue weighted by Crippen LogP contribution is 1.95. The fourth-order valence-corrected chi connectivity index (χ4v) is 1.79. The first kappa shape index (κ1) is 13.9. The van der Waals surface area contributed by atoms with Crippen molar-refractivity contribution in [2.75, 3.05) is 26.2 Å². The van der Waals surface area contributed by atoms with Crippen LogP contribution in [0, 0.1) is 0 Å². The predicted octanol–water partition coefficient (Wildman–Crippen LogP) is 0.909. The highest BCUT2D eigenvalue weighted by Gasteiger charge is 2.03. The number of hydrogen-bond donors (Lipinski definition) is 1. The third-order valence-electron chi connectivity index (χ3n) is 2.83. The SMILES string of the molecule is CCCCN(CCN)CCn1ccccc1=O. The van der Waals surface area contributed by atoms with E-state index in [1.165, 1.54) is 12.8 Å². The van der Waals surface area contributed by atoms with Crippen LogP contribution in [0.2, 0.25) is 0 Å². The van der Waals surface area contributed by atoms with Crippen LogP contribution in [0.15, 0.2) is 29.2 Å². The molecule has 0 bridgehead atoms. The van der Waals surface area contributed by atoms with Gasteiger partial charge < -0.3 is 15.2 Å². The number of hydrogen-bond acceptors (Lipinski definition) is 3. The lowest BCUT2D eigenvalue weighted by atomic mass is 10.3. The van der Waals surface area contributed by atoms with Crippen LogP contribution in [0.25, 0.3) is 0 Å². The van der Waals surface area contributed by atoms with Crippen LogP contribution in [0.4, 0.5) is 0 Å². The van der Waals surface area contributed by atoms with E-state index in [2.05, 4.69) is 11.8 Å². The first-order chi connectivity index (χ1) is 8.27. The van der Waals surface area contributed by atoms with Gasteiger partial charge in [0.05, 0.1) is 0 Å². The minimum atomic E-state index is 0.0655. The van der Waals surface area contributed by atoms with Crippen molar-refractivity contribution in [1.29, 1.82) is 0 Å². The third kappa shape index (κ3) is 5.15. The van der Waals surface area contributed by atoms with Crippen molar-refractivity contribution in [1.82, 2.24) is 9.47 Å². The van der Waals surface area contributed by atoms with E-state index in [1.54, 1.807) is 16.7 Å². The molecule has 0 saturated heterocycles. The first-order valence-electron chi connectivity index (χ1n) is 6.35. The predicted molar refractivity (Wildman–Crippen MR) is 71.1 cm³/mol. The zero-order chi connectivity index (χ0) is 12.5. The molecule has 1 aromatic heterocycles. The second-order valence-corrected chi connectivity index (χ2v) is 4.22. The summed E-state index contributed by atoms with van der Waals surface area (Å²) < 4.78 is 1.75. The summed E-state index contributed by atoms with van der Waals surface area (Å²) >= 11 is 0. The van der Waals surface area contributed by atoms with E-state index >= 15 is 0 Å². The van der Waals surface area contributed by atoms with Gasteiger partial charge in [0, 0.05) is 38.4 Å². The monoisotopic (exact) mass is 237 g/mol. The summed E-state index contributed by atoms with van der Waals surface area (Å²) in [5.74, 6) is 0. The van der Waals surface area contributed by atoms with Crippen molar-refractivity contribution < 1.29 is 0 Å². The molecule has 0 amide bonds. The second-order valence-electron chi connectivity index (χ2n) is 4.22. The minimum Gasteiger partial charge on any atom is -0.329 e. The van der Waals surface area contributed by atoms with Crippen molar-refractivity contribution in [3.8, 4) is 0 Å². The molecule has 0 radical (unpaired) electrons. The van der Waals surface area contributed by atoms with Gasteiger partial charge in [-0.2, -0.15) is 0 Å². The quantitative estimate of drug-likeness (QED) is 0.731. The van der Waals surface area contributed by atoms with Crippen molar-refractivity contribution >= 4 is 0 Å². The van der Waals surface area contributed by atoms with Crippen molar-refractivity contribution in [2.24, 2.45) is 5.73 Å². The van der Waals surface area contributed by atoms with Crippen LogP contribution in [-0.4, -0.2) is 35.6 Å². The molecule has 96 valence electrons. The lowest BCUT2D eigenvalue weighted by Gasteiger charge is -2.21. The molecule has 0 aliphatic rings. The topological polar surface area (TPSA) is 51.3 Å². The van der Waals surface area contributed by atoms with Crippen LogP contribution in [-0.2, 0) is 6.54 Å². The molecule has 4 nitrogen and oxygen atoms in total. The van der Waals surface area contributed by atoms with Crippen molar-refractivity contribution in [2.45, 2.75) is 26.3 Å². The van der Waals surface area contributed by atoms with Gasteiger partial charge in [0.2, 0.25) is 0 Å². The van der Waals surface area contributed by atoms with Gasteiger partial charge >= 0.3 is 0 Å². The number of rotatable bonds is 8. The van der Waals surface area contributed by atoms with Gasteiger partial charge in [-0.15, -0.1) is 0 Å². The molecule has 4 heteroatoms. The summed E-state index contributed by atoms with van der Waals surface area (Å²) in [6.07, 6.45) is 4.21. The summed E-state index contributed by atoms with van der Waals surface area (Å²) in [6.45, 7) is 6.46. The maximum atomic E-state index is 11.5. The highest BCUT2D eigenvalue weighted by molar-refractivity contribution is 4.93. The minimum absolute atomic E-state index is 0.0655. The molecule has 0 aliphatic heterocycles. The van der Waals surface area contributed by atoms with Gasteiger partial charge in [-0.25, -0.2) is 0 Å². The number of nitrogens with two attached hydrogens (primary N) is 1. The molecule has 0 aliphatic carbocycles. The van der Waals surface area contributed by atoms with Gasteiger partial charge in [-0.05, 0) is 19.0 Å². The number of pyridine rings is 1. The fourth-order valence-electron chi connectivity index (χ4n) is 1.79. The average Bonchev–Trinajstić information content (AvgIpc) is 2.34. The molecule has 1 aromatic rings. The van der Waals surface area contributed by atoms with E-state index in [4.69, 9.17) is 5.73 Å². The molecule has 1 heterocycles. The summed E-state index contributed by atoms with van der Waals surface area (Å²) in [6, 6.07) is 5.26. The van der Waals surface area contributed by atoms with E-state index in [0.29, 0.717) is 6.54 Å². The van der Waals surface area contributed by atoms with E-state index in [1.807, 2.05) is 12.3 Å². The van der Waals surface area contributed by atoms with E-state index < -0.39 is 0 Å². The Labute approximate surface area is 103 Å². The molecule has 17 heavy (non-hydrogen) atoms. The van der Waals surface area contributed by atoms with Gasteiger partial charge in [-0.3, -0.25) is 4.79 Å². The molecule has 0 unspecified atom stereocenters. The molecular weight excluding hydrogens is 214 g/mol. The Morgan fingerprint density at radius 2 is 2.12 bits per heavy atom. The second kappa shape index (κ2) is 8.03. The van der Waals surface area contributed by atoms with Crippen LogP contribution < -0.4 is 11.3 Å². The number of nitrogens with zero attached hydrogens (tertiary/aromatic N) is 2. The summed E-state index contributed by atoms with van der Waals surface area (Å²) in [4.78, 5) is 13.8. The largest absolute Gasteiger partial charge is 0.329 e. The van der Waals surface area contributed by atoms with Crippen LogP contribution in [0.1, 0.15) is 19.8 Å². The lowest BCUT2D eigenvalue weighted by molar-refractivity contribution is 0.264. The standard InChI is InChI=1S/C13H23N3O/c1-2-3-8-15(10-7-14)11-12-16-9-5-4-6-13(16)17/h4-6,9H,2-3,7-8,10-12,14H2,1H3. The van der Waals surface area contributed by atoms with Gasteiger partial charge in [0.25, 0.3) is 5.56 Å². The van der Waals surface area contributed by atoms with Crippen LogP contribution in [0.3, 0.4) is 0 Å². The molecule has 0 spiro atoms. The zero-order valence-corrected chi connectivity index (χ0v) is 10.6. The Morgan fingerprint density at radius 3 is 2.76 bits per heavy atom. The molecule has 0 aromatic carbocycles. The van der Waals surface area contributed by atoms with Gasteiger partial charge in [-0.1, -0.05) is 19.4 Å². The molecule has 0 atom stereocenters. The maximum Gasteiger partial charge on any atom is 0.250 e. The van der Waals surface area contributed by atoms with Crippen LogP contribution >= 0.6 is 0 Å². The highest BCUT2D eigenvalue weighted by atomic mass is 16.1. The Bertz CT molecular complexity index is 362. The lowest BCUT2D eigenvalue weighted by Crippen LogP contribution is -2.34. The Hall–Kier alpha value is -1.13. The molecular formula is C13H23N3O. The molecule has 2 N–H and O–H groups in total. The number of aromatic nitrogens is 1. The molecule has 0 saturated carbocycles. The van der Waals surface area contributed by atoms with Crippen molar-refractivity contribution in [3.63, 3.8) is 0 Å². The van der Waals surface area contributed by atoms with E-state index in [9.17, 15) is 4.79 Å². The van der Waals surface area contributed by atoms with E-state index in [0.717, 1.165) is 26.2 Å². The zero-order valence-electron chi connectivity index (χ0n) is 10.6. The Kier molecular flexibility index (Phi) is 6.58. The fraction of sp³-hybridized carbons (Fsp3) is 0.615.